The fourth-order valence-electron chi connectivity index (χ4n) is 1.57. The van der Waals surface area contributed by atoms with E-state index in [0.717, 1.165) is 4.90 Å². The van der Waals surface area contributed by atoms with E-state index in [1.54, 1.807) is 0 Å². The Hall–Kier alpha value is -1.19. The minimum atomic E-state index is -1.35. The Labute approximate surface area is 98.1 Å². The van der Waals surface area contributed by atoms with Crippen LogP contribution in [0.15, 0.2) is 12.3 Å². The average Bonchev–Trinajstić information content (AvgIpc) is 2.57. The second kappa shape index (κ2) is 5.94. The van der Waals surface area contributed by atoms with Gasteiger partial charge in [0.1, 0.15) is 18.3 Å². The lowest BCUT2D eigenvalue weighted by Gasteiger charge is -2.25. The minimum Gasteiger partial charge on any atom is -0.394 e. The molecule has 7 N–H and O–H groups in total. The summed E-state index contributed by atoms with van der Waals surface area (Å²) in [6.45, 7) is -0.291. The fourth-order valence-corrected chi connectivity index (χ4v) is 1.57. The van der Waals surface area contributed by atoms with Gasteiger partial charge < -0.3 is 31.5 Å². The lowest BCUT2D eigenvalue weighted by Crippen LogP contribution is -2.46. The first-order chi connectivity index (χ1) is 8.02. The first-order valence-electron chi connectivity index (χ1n) is 5.09. The van der Waals surface area contributed by atoms with Crippen LogP contribution in [0.1, 0.15) is 0 Å². The molecule has 0 saturated carbocycles. The average molecular weight is 247 g/mol. The second-order valence-corrected chi connectivity index (χ2v) is 3.59. The fraction of sp³-hybridized carbons (Fsp3) is 0.667. The summed E-state index contributed by atoms with van der Waals surface area (Å²) in [5, 5.41) is 28.1. The summed E-state index contributed by atoms with van der Waals surface area (Å²) in [5.74, 6) is 0. The highest BCUT2D eigenvalue weighted by molar-refractivity contribution is 5.73. The van der Waals surface area contributed by atoms with Crippen molar-refractivity contribution in [2.24, 2.45) is 11.5 Å². The molecule has 98 valence electrons. The molecule has 1 saturated heterocycles. The monoisotopic (exact) mass is 247 g/mol. The summed E-state index contributed by atoms with van der Waals surface area (Å²) in [6.07, 6.45) is -2.01. The van der Waals surface area contributed by atoms with Crippen molar-refractivity contribution < 1.29 is 24.9 Å². The quantitative estimate of drug-likeness (QED) is 0.365. The van der Waals surface area contributed by atoms with Gasteiger partial charge in [-0.2, -0.15) is 0 Å². The summed E-state index contributed by atoms with van der Waals surface area (Å²) in [6, 6.07) is -0.857. The Morgan fingerprint density at radius 1 is 1.41 bits per heavy atom. The standard InChI is InChI=1S/C9H17N3O5/c10-2-1-3-12(9(11)16)8-7(15)6(14)5(4-13)17-8/h1,3,5-8,13-15H,2,4,10H2,(H2,11,16)/b3-1-. The van der Waals surface area contributed by atoms with Crippen molar-refractivity contribution in [1.29, 1.82) is 0 Å². The normalized spacial score (nSPS) is 33.2. The number of ether oxygens (including phenoxy) is 1. The van der Waals surface area contributed by atoms with Crippen LogP contribution in [0, 0.1) is 0 Å². The topological polar surface area (TPSA) is 142 Å². The van der Waals surface area contributed by atoms with Crippen molar-refractivity contribution in [3.63, 3.8) is 0 Å². The molecule has 0 aromatic carbocycles. The molecule has 17 heavy (non-hydrogen) atoms. The van der Waals surface area contributed by atoms with Crippen LogP contribution in [-0.2, 0) is 4.74 Å². The molecule has 1 fully saturated rings. The number of nitrogens with two attached hydrogens (primary N) is 2. The van der Waals surface area contributed by atoms with E-state index in [0.29, 0.717) is 0 Å². The van der Waals surface area contributed by atoms with Crippen molar-refractivity contribution in [3.8, 4) is 0 Å². The number of rotatable bonds is 4. The molecule has 8 heteroatoms. The van der Waals surface area contributed by atoms with E-state index in [1.165, 1.54) is 12.3 Å². The van der Waals surface area contributed by atoms with E-state index in [-0.39, 0.29) is 6.54 Å². The zero-order valence-corrected chi connectivity index (χ0v) is 9.14. The number of carbonyl (C=O) groups excluding carboxylic acids is 1. The minimum absolute atomic E-state index is 0.179. The van der Waals surface area contributed by atoms with E-state index in [9.17, 15) is 15.0 Å². The van der Waals surface area contributed by atoms with Gasteiger partial charge >= 0.3 is 6.03 Å². The van der Waals surface area contributed by atoms with Gasteiger partial charge in [-0.05, 0) is 0 Å². The predicted molar refractivity (Wildman–Crippen MR) is 57.4 cm³/mol. The van der Waals surface area contributed by atoms with Gasteiger partial charge in [-0.25, -0.2) is 4.79 Å². The molecule has 1 aliphatic heterocycles. The summed E-state index contributed by atoms with van der Waals surface area (Å²) in [5.41, 5.74) is 10.3. The van der Waals surface area contributed by atoms with Crippen molar-refractivity contribution >= 4 is 6.03 Å². The number of hydrogen-bond acceptors (Lipinski definition) is 6. The van der Waals surface area contributed by atoms with Gasteiger partial charge in [0.25, 0.3) is 0 Å². The third-order valence-corrected chi connectivity index (χ3v) is 2.45. The lowest BCUT2D eigenvalue weighted by atomic mass is 10.1. The molecule has 8 nitrogen and oxygen atoms in total. The number of urea groups is 1. The SMILES string of the molecule is NC/C=C\N(C(N)=O)C1OC(CO)C(O)C1O. The molecule has 4 unspecified atom stereocenters. The van der Waals surface area contributed by atoms with Gasteiger partial charge in [-0.15, -0.1) is 0 Å². The molecule has 1 aliphatic rings. The molecule has 1 heterocycles. The molecule has 1 rings (SSSR count). The second-order valence-electron chi connectivity index (χ2n) is 3.59. The van der Waals surface area contributed by atoms with Crippen LogP contribution >= 0.6 is 0 Å². The zero-order chi connectivity index (χ0) is 13.0. The van der Waals surface area contributed by atoms with Crippen LogP contribution < -0.4 is 11.5 Å². The Morgan fingerprint density at radius 2 is 2.06 bits per heavy atom. The number of aliphatic hydroxyl groups excluding tert-OH is 3. The molecule has 0 radical (unpaired) electrons. The maximum Gasteiger partial charge on any atom is 0.321 e. The number of amides is 2. The molecular formula is C9H17N3O5. The van der Waals surface area contributed by atoms with Crippen LogP contribution in [0.2, 0.25) is 0 Å². The van der Waals surface area contributed by atoms with Gasteiger partial charge in [0.2, 0.25) is 0 Å². The highest BCUT2D eigenvalue weighted by atomic mass is 16.6. The van der Waals surface area contributed by atoms with Crippen molar-refractivity contribution in [1.82, 2.24) is 4.90 Å². The molecular weight excluding hydrogens is 230 g/mol. The van der Waals surface area contributed by atoms with Crippen LogP contribution in [-0.4, -0.2) is 63.9 Å². The third kappa shape index (κ3) is 2.93. The first-order valence-corrected chi connectivity index (χ1v) is 5.09. The highest BCUT2D eigenvalue weighted by Gasteiger charge is 2.45. The molecule has 0 bridgehead atoms. The summed E-state index contributed by atoms with van der Waals surface area (Å²) < 4.78 is 5.14. The number of nitrogens with zero attached hydrogens (tertiary/aromatic N) is 1. The van der Waals surface area contributed by atoms with Gasteiger partial charge in [0.05, 0.1) is 6.61 Å². The van der Waals surface area contributed by atoms with E-state index in [2.05, 4.69) is 0 Å². The summed E-state index contributed by atoms with van der Waals surface area (Å²) in [4.78, 5) is 12.1. The van der Waals surface area contributed by atoms with E-state index < -0.39 is 37.2 Å². The first kappa shape index (κ1) is 13.9. The molecule has 0 aromatic rings. The van der Waals surface area contributed by atoms with Gasteiger partial charge in [-0.1, -0.05) is 6.08 Å². The van der Waals surface area contributed by atoms with Crippen molar-refractivity contribution in [2.75, 3.05) is 13.2 Å². The molecule has 0 spiro atoms. The highest BCUT2D eigenvalue weighted by Crippen LogP contribution is 2.24. The summed E-state index contributed by atoms with van der Waals surface area (Å²) in [7, 11) is 0. The van der Waals surface area contributed by atoms with Crippen LogP contribution in [0.25, 0.3) is 0 Å². The maximum atomic E-state index is 11.2. The van der Waals surface area contributed by atoms with Crippen LogP contribution in [0.5, 0.6) is 0 Å². The molecule has 2 amide bonds. The Kier molecular flexibility index (Phi) is 4.85. The van der Waals surface area contributed by atoms with Gasteiger partial charge in [0, 0.05) is 12.7 Å². The third-order valence-electron chi connectivity index (χ3n) is 2.45. The Bertz CT molecular complexity index is 298. The molecule has 0 aromatic heterocycles. The predicted octanol–water partition coefficient (Wildman–Crippen LogP) is -2.72. The van der Waals surface area contributed by atoms with Gasteiger partial charge in [0.15, 0.2) is 6.23 Å². The summed E-state index contributed by atoms with van der Waals surface area (Å²) >= 11 is 0. The van der Waals surface area contributed by atoms with Crippen LogP contribution in [0.3, 0.4) is 0 Å². The number of aliphatic hydroxyl groups is 3. The lowest BCUT2D eigenvalue weighted by molar-refractivity contribution is -0.0640. The van der Waals surface area contributed by atoms with Gasteiger partial charge in [-0.3, -0.25) is 4.90 Å². The van der Waals surface area contributed by atoms with E-state index >= 15 is 0 Å². The number of primary amides is 1. The van der Waals surface area contributed by atoms with Crippen LogP contribution in [0.4, 0.5) is 4.79 Å². The molecule has 4 atom stereocenters. The largest absolute Gasteiger partial charge is 0.394 e. The molecule has 0 aliphatic carbocycles. The van der Waals surface area contributed by atoms with Crippen molar-refractivity contribution in [2.45, 2.75) is 24.5 Å². The number of hydrogen-bond donors (Lipinski definition) is 5. The van der Waals surface area contributed by atoms with E-state index in [4.69, 9.17) is 21.3 Å². The van der Waals surface area contributed by atoms with E-state index in [1.807, 2.05) is 0 Å². The Balaban J connectivity index is 2.82. The maximum absolute atomic E-state index is 11.2. The zero-order valence-electron chi connectivity index (χ0n) is 9.14. The number of carbonyl (C=O) groups is 1. The van der Waals surface area contributed by atoms with Crippen molar-refractivity contribution in [3.05, 3.63) is 12.3 Å². The Morgan fingerprint density at radius 3 is 2.47 bits per heavy atom. The smallest absolute Gasteiger partial charge is 0.321 e.